The first-order valence-corrected chi connectivity index (χ1v) is 7.85. The summed E-state index contributed by atoms with van der Waals surface area (Å²) in [6.45, 7) is 0.680. The zero-order valence-corrected chi connectivity index (χ0v) is 16.1. The van der Waals surface area contributed by atoms with E-state index < -0.39 is 33.5 Å². The predicted molar refractivity (Wildman–Crippen MR) is 92.5 cm³/mol. The molecule has 0 bridgehead atoms. The highest BCUT2D eigenvalue weighted by molar-refractivity contribution is 7.89. The van der Waals surface area contributed by atoms with Crippen LogP contribution in [0.2, 0.25) is 0 Å². The van der Waals surface area contributed by atoms with E-state index in [9.17, 15) is 22.4 Å². The van der Waals surface area contributed by atoms with E-state index in [0.29, 0.717) is 12.6 Å². The predicted octanol–water partition coefficient (Wildman–Crippen LogP) is 0.841. The first-order valence-electron chi connectivity index (χ1n) is 6.41. The van der Waals surface area contributed by atoms with Gasteiger partial charge in [0.1, 0.15) is 0 Å². The molecule has 0 aliphatic rings. The molecular weight excluding hydrogens is 402 g/mol. The lowest BCUT2D eigenvalue weighted by molar-refractivity contribution is -0.158. The molecule has 0 unspecified atom stereocenters. The highest BCUT2D eigenvalue weighted by Crippen LogP contribution is 2.23. The maximum Gasteiger partial charge on any atom is 0.422 e. The molecule has 1 rings (SSSR count). The molecule has 0 saturated carbocycles. The van der Waals surface area contributed by atoms with Crippen LogP contribution in [0.4, 0.5) is 4.39 Å². The van der Waals surface area contributed by atoms with Crippen molar-refractivity contribution in [2.75, 3.05) is 34.2 Å². The van der Waals surface area contributed by atoms with Crippen LogP contribution in [0.3, 0.4) is 0 Å². The fourth-order valence-electron chi connectivity index (χ4n) is 1.51. The number of rotatable bonds is 6. The summed E-state index contributed by atoms with van der Waals surface area (Å²) in [5.41, 5.74) is 0. The highest BCUT2D eigenvalue weighted by atomic mass is 35.5. The first-order chi connectivity index (χ1) is 10.6. The standard InChI is InChI=1S/C13H17FN2O6S.2ClH/c1-15(2)6-7-16(3)23(20,21)9-4-5-11(10(14)8-9)22-13(19)12(17)18;;/h4-5,8H,6-7H2,1-3H3,(H,17,18);2*1H. The molecule has 0 heterocycles. The second-order valence-electron chi connectivity index (χ2n) is 4.92. The van der Waals surface area contributed by atoms with Crippen molar-refractivity contribution in [3.8, 4) is 5.75 Å². The third-order valence-electron chi connectivity index (χ3n) is 2.85. The number of likely N-dealkylation sites (N-methyl/N-ethyl adjacent to an activating group) is 2. The number of carbonyl (C=O) groups excluding carboxylic acids is 1. The van der Waals surface area contributed by atoms with Gasteiger partial charge in [0.25, 0.3) is 0 Å². The average Bonchev–Trinajstić information content (AvgIpc) is 2.46. The van der Waals surface area contributed by atoms with Crippen molar-refractivity contribution >= 4 is 46.8 Å². The number of nitrogens with zero attached hydrogens (tertiary/aromatic N) is 2. The minimum absolute atomic E-state index is 0. The van der Waals surface area contributed by atoms with Gasteiger partial charge in [-0.25, -0.2) is 22.4 Å². The molecular formula is C13H19Cl2FN2O6S. The number of halogens is 3. The molecule has 1 aromatic carbocycles. The lowest BCUT2D eigenvalue weighted by Gasteiger charge is -2.19. The third kappa shape index (κ3) is 7.12. The summed E-state index contributed by atoms with van der Waals surface area (Å²) in [5, 5.41) is 8.39. The number of ether oxygens (including phenoxy) is 1. The summed E-state index contributed by atoms with van der Waals surface area (Å²) in [5.74, 6) is -5.36. The van der Waals surface area contributed by atoms with Crippen LogP contribution in [0.15, 0.2) is 23.1 Å². The lowest BCUT2D eigenvalue weighted by atomic mass is 10.3. The van der Waals surface area contributed by atoms with Gasteiger partial charge < -0.3 is 14.7 Å². The molecule has 0 aromatic heterocycles. The molecule has 0 amide bonds. The summed E-state index contributed by atoms with van der Waals surface area (Å²) in [6.07, 6.45) is 0. The smallest absolute Gasteiger partial charge is 0.422 e. The molecule has 0 aliphatic heterocycles. The summed E-state index contributed by atoms with van der Waals surface area (Å²) < 4.78 is 43.7. The molecule has 0 radical (unpaired) electrons. The van der Waals surface area contributed by atoms with E-state index >= 15 is 0 Å². The molecule has 0 atom stereocenters. The Labute approximate surface area is 157 Å². The lowest BCUT2D eigenvalue weighted by Crippen LogP contribution is -2.33. The number of carbonyl (C=O) groups is 2. The van der Waals surface area contributed by atoms with Crippen molar-refractivity contribution in [3.05, 3.63) is 24.0 Å². The van der Waals surface area contributed by atoms with E-state index in [1.165, 1.54) is 7.05 Å². The summed E-state index contributed by atoms with van der Waals surface area (Å²) in [7, 11) is 1.01. The number of carboxylic acid groups (broad SMARTS) is 1. The maximum absolute atomic E-state index is 13.8. The number of carboxylic acids is 1. The van der Waals surface area contributed by atoms with Gasteiger partial charge in [0.15, 0.2) is 11.6 Å². The van der Waals surface area contributed by atoms with Crippen LogP contribution in [0.1, 0.15) is 0 Å². The molecule has 25 heavy (non-hydrogen) atoms. The fraction of sp³-hybridized carbons (Fsp3) is 0.385. The van der Waals surface area contributed by atoms with Crippen molar-refractivity contribution in [2.45, 2.75) is 4.90 Å². The number of esters is 1. The Morgan fingerprint density at radius 1 is 1.16 bits per heavy atom. The van der Waals surface area contributed by atoms with Gasteiger partial charge in [-0.15, -0.1) is 24.8 Å². The molecule has 12 heteroatoms. The van der Waals surface area contributed by atoms with Crippen LogP contribution in [-0.4, -0.2) is 68.9 Å². The largest absolute Gasteiger partial charge is 0.473 e. The zero-order valence-electron chi connectivity index (χ0n) is 13.6. The van der Waals surface area contributed by atoms with Gasteiger partial charge in [-0.05, 0) is 32.3 Å². The monoisotopic (exact) mass is 420 g/mol. The highest BCUT2D eigenvalue weighted by Gasteiger charge is 2.23. The van der Waals surface area contributed by atoms with Crippen molar-refractivity contribution < 1.29 is 32.2 Å². The number of benzene rings is 1. The van der Waals surface area contributed by atoms with Gasteiger partial charge in [-0.1, -0.05) is 0 Å². The van der Waals surface area contributed by atoms with Gasteiger partial charge in [0.05, 0.1) is 4.90 Å². The zero-order chi connectivity index (χ0) is 17.8. The van der Waals surface area contributed by atoms with Crippen LogP contribution in [-0.2, 0) is 19.6 Å². The van der Waals surface area contributed by atoms with Crippen LogP contribution < -0.4 is 4.74 Å². The minimum atomic E-state index is -3.91. The topological polar surface area (TPSA) is 104 Å². The van der Waals surface area contributed by atoms with Crippen molar-refractivity contribution in [2.24, 2.45) is 0 Å². The van der Waals surface area contributed by atoms with E-state index in [-0.39, 0.29) is 36.3 Å². The summed E-state index contributed by atoms with van der Waals surface area (Å²) >= 11 is 0. The SMILES string of the molecule is CN(C)CCN(C)S(=O)(=O)c1ccc(OC(=O)C(=O)O)c(F)c1.Cl.Cl. The van der Waals surface area contributed by atoms with Crippen molar-refractivity contribution in [1.29, 1.82) is 0 Å². The fourth-order valence-corrected chi connectivity index (χ4v) is 2.68. The summed E-state index contributed by atoms with van der Waals surface area (Å²) in [6, 6.07) is 2.60. The van der Waals surface area contributed by atoms with E-state index in [1.54, 1.807) is 19.0 Å². The van der Waals surface area contributed by atoms with Crippen LogP contribution >= 0.6 is 24.8 Å². The quantitative estimate of drug-likeness (QED) is 0.413. The van der Waals surface area contributed by atoms with E-state index in [0.717, 1.165) is 16.4 Å². The Morgan fingerprint density at radius 3 is 2.16 bits per heavy atom. The van der Waals surface area contributed by atoms with Gasteiger partial charge >= 0.3 is 11.9 Å². The van der Waals surface area contributed by atoms with Crippen LogP contribution in [0.25, 0.3) is 0 Å². The number of hydrogen-bond acceptors (Lipinski definition) is 6. The Hall–Kier alpha value is -1.46. The average molecular weight is 421 g/mol. The Bertz CT molecular complexity index is 714. The Morgan fingerprint density at radius 2 is 1.72 bits per heavy atom. The van der Waals surface area contributed by atoms with Gasteiger partial charge in [-0.2, -0.15) is 4.31 Å². The van der Waals surface area contributed by atoms with E-state index in [1.807, 2.05) is 0 Å². The first kappa shape index (κ1) is 25.8. The second-order valence-corrected chi connectivity index (χ2v) is 6.96. The second kappa shape index (κ2) is 10.5. The van der Waals surface area contributed by atoms with Crippen LogP contribution in [0.5, 0.6) is 5.75 Å². The maximum atomic E-state index is 13.8. The molecule has 1 aromatic rings. The number of sulfonamides is 1. The number of hydrogen-bond donors (Lipinski definition) is 1. The molecule has 8 nitrogen and oxygen atoms in total. The molecule has 0 aliphatic carbocycles. The number of aliphatic carboxylic acids is 1. The van der Waals surface area contributed by atoms with Gasteiger partial charge in [-0.3, -0.25) is 0 Å². The van der Waals surface area contributed by atoms with Gasteiger partial charge in [0, 0.05) is 20.1 Å². The van der Waals surface area contributed by atoms with Crippen molar-refractivity contribution in [1.82, 2.24) is 9.21 Å². The minimum Gasteiger partial charge on any atom is -0.473 e. The summed E-state index contributed by atoms with van der Waals surface area (Å²) in [4.78, 5) is 22.7. The molecule has 0 fully saturated rings. The molecule has 0 saturated heterocycles. The van der Waals surface area contributed by atoms with Crippen LogP contribution in [0, 0.1) is 5.82 Å². The third-order valence-corrected chi connectivity index (χ3v) is 4.70. The Kier molecular flexibility index (Phi) is 10.8. The molecule has 144 valence electrons. The molecule has 1 N–H and O–H groups in total. The van der Waals surface area contributed by atoms with Gasteiger partial charge in [0.2, 0.25) is 10.0 Å². The van der Waals surface area contributed by atoms with Crippen molar-refractivity contribution in [3.63, 3.8) is 0 Å². The van der Waals surface area contributed by atoms with E-state index in [4.69, 9.17) is 5.11 Å². The Balaban J connectivity index is 0. The normalized spacial score (nSPS) is 10.8. The molecule has 0 spiro atoms. The van der Waals surface area contributed by atoms with E-state index in [2.05, 4.69) is 4.74 Å².